The Labute approximate surface area is 231 Å². The van der Waals surface area contributed by atoms with E-state index in [1.165, 1.54) is 18.9 Å². The second kappa shape index (κ2) is 12.7. The van der Waals surface area contributed by atoms with Gasteiger partial charge in [0.1, 0.15) is 11.5 Å². The van der Waals surface area contributed by atoms with Gasteiger partial charge in [0, 0.05) is 17.0 Å². The van der Waals surface area contributed by atoms with Crippen LogP contribution < -0.4 is 25.4 Å². The van der Waals surface area contributed by atoms with Gasteiger partial charge in [0.05, 0.1) is 48.2 Å². The summed E-state index contributed by atoms with van der Waals surface area (Å²) in [5.41, 5.74) is 3.32. The number of anilines is 2. The lowest BCUT2D eigenvalue weighted by atomic mass is 9.82. The first-order valence-electron chi connectivity index (χ1n) is 12.1. The van der Waals surface area contributed by atoms with Crippen molar-refractivity contribution in [1.29, 1.82) is 5.26 Å². The molecule has 0 fully saturated rings. The van der Waals surface area contributed by atoms with Crippen molar-refractivity contribution in [3.63, 3.8) is 0 Å². The number of hydrogen-bond acceptors (Lipinski definition) is 7. The standard InChI is InChI=1S/C30H28N4O4S/c1-19-27(29(36)34-24-11-7-8-12-25(24)38-3)28(20-9-5-4-6-10-20)23(17-31)30(32-19)39-18-26(35)33-21-13-15-22(37-2)16-14-21/h4-16,28,32H,18H2,1-3H3,(H,33,35)(H,34,36). The van der Waals surface area contributed by atoms with E-state index < -0.39 is 5.92 Å². The predicted octanol–water partition coefficient (Wildman–Crippen LogP) is 5.41. The Morgan fingerprint density at radius 1 is 0.949 bits per heavy atom. The molecule has 3 N–H and O–H groups in total. The molecule has 0 spiro atoms. The van der Waals surface area contributed by atoms with Crippen LogP contribution in [0.5, 0.6) is 11.5 Å². The molecule has 0 saturated carbocycles. The van der Waals surface area contributed by atoms with Crippen LogP contribution in [0.2, 0.25) is 0 Å². The van der Waals surface area contributed by atoms with Crippen molar-refractivity contribution in [2.45, 2.75) is 12.8 Å². The maximum Gasteiger partial charge on any atom is 0.254 e. The number of thioether (sulfide) groups is 1. The van der Waals surface area contributed by atoms with Gasteiger partial charge in [0.2, 0.25) is 5.91 Å². The van der Waals surface area contributed by atoms with E-state index in [-0.39, 0.29) is 17.6 Å². The maximum atomic E-state index is 13.6. The van der Waals surface area contributed by atoms with Crippen molar-refractivity contribution in [2.24, 2.45) is 0 Å². The molecule has 1 aliphatic heterocycles. The molecule has 39 heavy (non-hydrogen) atoms. The Kier molecular flexibility index (Phi) is 8.92. The second-order valence-corrected chi connectivity index (χ2v) is 9.57. The lowest BCUT2D eigenvalue weighted by molar-refractivity contribution is -0.114. The van der Waals surface area contributed by atoms with Gasteiger partial charge in [-0.15, -0.1) is 0 Å². The van der Waals surface area contributed by atoms with Crippen LogP contribution >= 0.6 is 11.8 Å². The van der Waals surface area contributed by atoms with Crippen LogP contribution in [0.4, 0.5) is 11.4 Å². The van der Waals surface area contributed by atoms with Crippen molar-refractivity contribution in [1.82, 2.24) is 5.32 Å². The molecule has 3 aromatic carbocycles. The summed E-state index contributed by atoms with van der Waals surface area (Å²) in [4.78, 5) is 26.3. The highest BCUT2D eigenvalue weighted by Crippen LogP contribution is 2.41. The molecule has 0 bridgehead atoms. The Bertz CT molecular complexity index is 1460. The Morgan fingerprint density at radius 2 is 1.64 bits per heavy atom. The smallest absolute Gasteiger partial charge is 0.254 e. The van der Waals surface area contributed by atoms with E-state index in [1.54, 1.807) is 56.5 Å². The monoisotopic (exact) mass is 540 g/mol. The Balaban J connectivity index is 1.60. The second-order valence-electron chi connectivity index (χ2n) is 8.58. The van der Waals surface area contributed by atoms with Gasteiger partial charge in [-0.1, -0.05) is 54.2 Å². The van der Waals surface area contributed by atoms with Gasteiger partial charge >= 0.3 is 0 Å². The third kappa shape index (κ3) is 6.43. The number of nitrogens with one attached hydrogen (secondary N) is 3. The number of ether oxygens (including phenoxy) is 2. The van der Waals surface area contributed by atoms with Crippen LogP contribution in [0.3, 0.4) is 0 Å². The minimum Gasteiger partial charge on any atom is -0.497 e. The highest BCUT2D eigenvalue weighted by atomic mass is 32.2. The van der Waals surface area contributed by atoms with Gasteiger partial charge in [0.25, 0.3) is 5.91 Å². The predicted molar refractivity (Wildman–Crippen MR) is 153 cm³/mol. The SMILES string of the molecule is COc1ccc(NC(=O)CSC2=C(C#N)C(c3ccccc3)C(C(=O)Nc3ccccc3OC)=C(C)N2)cc1. The number of amides is 2. The van der Waals surface area contributed by atoms with Crippen molar-refractivity contribution in [3.8, 4) is 17.6 Å². The zero-order chi connectivity index (χ0) is 27.8. The fraction of sp³-hybridized carbons (Fsp3) is 0.167. The van der Waals surface area contributed by atoms with Crippen LogP contribution in [0.25, 0.3) is 0 Å². The number of methoxy groups -OCH3 is 2. The number of rotatable bonds is 9. The molecule has 1 unspecified atom stereocenters. The number of carbonyl (C=O) groups excluding carboxylic acids is 2. The molecule has 0 aromatic heterocycles. The molecule has 3 aromatic rings. The highest BCUT2D eigenvalue weighted by Gasteiger charge is 2.35. The number of carbonyl (C=O) groups is 2. The number of para-hydroxylation sites is 2. The van der Waals surface area contributed by atoms with Gasteiger partial charge in [0.15, 0.2) is 0 Å². The maximum absolute atomic E-state index is 13.6. The summed E-state index contributed by atoms with van der Waals surface area (Å²) in [5, 5.41) is 19.8. The summed E-state index contributed by atoms with van der Waals surface area (Å²) in [6.45, 7) is 1.79. The lowest BCUT2D eigenvalue weighted by Gasteiger charge is -2.30. The first kappa shape index (κ1) is 27.4. The van der Waals surface area contributed by atoms with Gasteiger partial charge < -0.3 is 25.4 Å². The molecule has 198 valence electrons. The quantitative estimate of drug-likeness (QED) is 0.333. The van der Waals surface area contributed by atoms with Crippen LogP contribution in [-0.2, 0) is 9.59 Å². The lowest BCUT2D eigenvalue weighted by Crippen LogP contribution is -2.31. The zero-order valence-corrected chi connectivity index (χ0v) is 22.6. The molecule has 0 aliphatic carbocycles. The molecule has 1 aliphatic rings. The van der Waals surface area contributed by atoms with E-state index in [2.05, 4.69) is 22.0 Å². The molecular formula is C30H28N4O4S. The van der Waals surface area contributed by atoms with E-state index in [4.69, 9.17) is 9.47 Å². The van der Waals surface area contributed by atoms with Gasteiger partial charge in [-0.25, -0.2) is 0 Å². The molecule has 1 heterocycles. The molecule has 0 radical (unpaired) electrons. The minimum absolute atomic E-state index is 0.0665. The van der Waals surface area contributed by atoms with Crippen molar-refractivity contribution in [2.75, 3.05) is 30.6 Å². The van der Waals surface area contributed by atoms with E-state index in [0.717, 1.165) is 5.56 Å². The molecular weight excluding hydrogens is 512 g/mol. The number of benzene rings is 3. The molecule has 0 saturated heterocycles. The minimum atomic E-state index is -0.626. The summed E-state index contributed by atoms with van der Waals surface area (Å²) in [6.07, 6.45) is 0. The fourth-order valence-corrected chi connectivity index (χ4v) is 5.14. The molecule has 4 rings (SSSR count). The van der Waals surface area contributed by atoms with Gasteiger partial charge in [-0.05, 0) is 48.9 Å². The Hall–Kier alpha value is -4.68. The third-order valence-electron chi connectivity index (χ3n) is 6.10. The number of nitrogens with zero attached hydrogens (tertiary/aromatic N) is 1. The topological polar surface area (TPSA) is 112 Å². The van der Waals surface area contributed by atoms with Crippen LogP contribution in [0, 0.1) is 11.3 Å². The first-order chi connectivity index (χ1) is 18.9. The summed E-state index contributed by atoms with van der Waals surface area (Å²) in [6, 6.07) is 25.8. The van der Waals surface area contributed by atoms with E-state index in [1.807, 2.05) is 36.4 Å². The zero-order valence-electron chi connectivity index (χ0n) is 21.8. The molecule has 2 amide bonds. The Morgan fingerprint density at radius 3 is 2.31 bits per heavy atom. The summed E-state index contributed by atoms with van der Waals surface area (Å²) >= 11 is 1.21. The summed E-state index contributed by atoms with van der Waals surface area (Å²) in [7, 11) is 3.11. The first-order valence-corrected chi connectivity index (χ1v) is 13.1. The van der Waals surface area contributed by atoms with Gasteiger partial charge in [-0.2, -0.15) is 5.26 Å². The number of nitriles is 1. The largest absolute Gasteiger partial charge is 0.497 e. The van der Waals surface area contributed by atoms with Crippen LogP contribution in [-0.4, -0.2) is 31.8 Å². The third-order valence-corrected chi connectivity index (χ3v) is 7.12. The number of allylic oxidation sites excluding steroid dienone is 2. The van der Waals surface area contributed by atoms with Crippen LogP contribution in [0.15, 0.2) is 101 Å². The van der Waals surface area contributed by atoms with E-state index >= 15 is 0 Å². The van der Waals surface area contributed by atoms with Crippen LogP contribution in [0.1, 0.15) is 18.4 Å². The average molecular weight is 541 g/mol. The fourth-order valence-electron chi connectivity index (χ4n) is 4.25. The van der Waals surface area contributed by atoms with Gasteiger partial charge in [-0.3, -0.25) is 9.59 Å². The van der Waals surface area contributed by atoms with Crippen molar-refractivity contribution >= 4 is 35.0 Å². The summed E-state index contributed by atoms with van der Waals surface area (Å²) < 4.78 is 10.5. The van der Waals surface area contributed by atoms with E-state index in [9.17, 15) is 14.9 Å². The number of hydrogen-bond donors (Lipinski definition) is 3. The highest BCUT2D eigenvalue weighted by molar-refractivity contribution is 8.03. The normalized spacial score (nSPS) is 14.7. The molecule has 8 nitrogen and oxygen atoms in total. The van der Waals surface area contributed by atoms with E-state index in [0.29, 0.717) is 44.7 Å². The average Bonchev–Trinajstić information content (AvgIpc) is 2.96. The van der Waals surface area contributed by atoms with Crippen molar-refractivity contribution < 1.29 is 19.1 Å². The molecule has 9 heteroatoms. The number of dihydropyridines is 1. The molecule has 1 atom stereocenters. The summed E-state index contributed by atoms with van der Waals surface area (Å²) in [5.74, 6) is 0.0783. The van der Waals surface area contributed by atoms with Crippen molar-refractivity contribution in [3.05, 3.63) is 106 Å².